The molecule has 7 heteroatoms. The highest BCUT2D eigenvalue weighted by atomic mass is 79.9. The first-order chi connectivity index (χ1) is 10.7. The van der Waals surface area contributed by atoms with Gasteiger partial charge in [-0.15, -0.1) is 0 Å². The summed E-state index contributed by atoms with van der Waals surface area (Å²) in [5, 5.41) is 0. The average molecular weight is 367 g/mol. The highest BCUT2D eigenvalue weighted by Gasteiger charge is 2.25. The average Bonchev–Trinajstić information content (AvgIpc) is 2.77. The number of ether oxygens (including phenoxy) is 1. The third kappa shape index (κ3) is 3.15. The number of imidazole rings is 1. The van der Waals surface area contributed by atoms with Crippen LogP contribution < -0.4 is 0 Å². The molecule has 1 unspecified atom stereocenters. The van der Waals surface area contributed by atoms with Crippen LogP contribution in [0.5, 0.6) is 0 Å². The fourth-order valence-corrected chi connectivity index (χ4v) is 3.28. The third-order valence-electron chi connectivity index (χ3n) is 4.04. The first-order valence-corrected chi connectivity index (χ1v) is 8.25. The zero-order valence-corrected chi connectivity index (χ0v) is 14.1. The topological polar surface area (TPSA) is 59.7 Å². The minimum absolute atomic E-state index is 0.0219. The standard InChI is InChI=1S/C15H19BrN4O2/c1-22-10-11-4-2-3-5-19(8-11)15(21)12-6-18-14-7-17-13(16)9-20(12)14/h6-7,9,11H,2-5,8,10H2,1H3. The fraction of sp³-hybridized carbons (Fsp3) is 0.533. The molecule has 0 aromatic carbocycles. The van der Waals surface area contributed by atoms with Crippen molar-refractivity contribution in [3.8, 4) is 0 Å². The molecule has 3 rings (SSSR count). The summed E-state index contributed by atoms with van der Waals surface area (Å²) in [6.45, 7) is 2.23. The van der Waals surface area contributed by atoms with E-state index in [9.17, 15) is 4.79 Å². The van der Waals surface area contributed by atoms with Gasteiger partial charge in [-0.05, 0) is 34.7 Å². The number of halogens is 1. The van der Waals surface area contributed by atoms with E-state index >= 15 is 0 Å². The largest absolute Gasteiger partial charge is 0.384 e. The van der Waals surface area contributed by atoms with Crippen LogP contribution in [0.4, 0.5) is 0 Å². The number of methoxy groups -OCH3 is 1. The Morgan fingerprint density at radius 3 is 3.09 bits per heavy atom. The maximum absolute atomic E-state index is 12.9. The van der Waals surface area contributed by atoms with Crippen molar-refractivity contribution in [2.45, 2.75) is 19.3 Å². The van der Waals surface area contributed by atoms with Gasteiger partial charge >= 0.3 is 0 Å². The lowest BCUT2D eigenvalue weighted by atomic mass is 10.0. The van der Waals surface area contributed by atoms with Gasteiger partial charge < -0.3 is 9.64 Å². The van der Waals surface area contributed by atoms with Gasteiger partial charge in [-0.2, -0.15) is 0 Å². The summed E-state index contributed by atoms with van der Waals surface area (Å²) < 4.78 is 7.74. The first-order valence-electron chi connectivity index (χ1n) is 7.46. The van der Waals surface area contributed by atoms with Crippen LogP contribution in [0.3, 0.4) is 0 Å². The molecule has 1 fully saturated rings. The molecule has 22 heavy (non-hydrogen) atoms. The zero-order chi connectivity index (χ0) is 15.5. The van der Waals surface area contributed by atoms with Crippen molar-refractivity contribution < 1.29 is 9.53 Å². The van der Waals surface area contributed by atoms with Crippen LogP contribution in [0.25, 0.3) is 5.65 Å². The molecule has 1 atom stereocenters. The van der Waals surface area contributed by atoms with Crippen LogP contribution in [0, 0.1) is 5.92 Å². The number of rotatable bonds is 3. The quantitative estimate of drug-likeness (QED) is 0.836. The van der Waals surface area contributed by atoms with Crippen molar-refractivity contribution in [2.24, 2.45) is 5.92 Å². The molecular weight excluding hydrogens is 348 g/mol. The van der Waals surface area contributed by atoms with Crippen LogP contribution in [-0.4, -0.2) is 52.0 Å². The molecule has 3 heterocycles. The molecule has 6 nitrogen and oxygen atoms in total. The number of aromatic nitrogens is 3. The molecule has 1 aliphatic rings. The smallest absolute Gasteiger partial charge is 0.272 e. The minimum atomic E-state index is 0.0219. The van der Waals surface area contributed by atoms with Crippen molar-refractivity contribution in [3.63, 3.8) is 0 Å². The van der Waals surface area contributed by atoms with Crippen molar-refractivity contribution in [1.29, 1.82) is 0 Å². The Labute approximate surface area is 137 Å². The fourth-order valence-electron chi connectivity index (χ4n) is 2.97. The number of hydrogen-bond acceptors (Lipinski definition) is 4. The van der Waals surface area contributed by atoms with Crippen LogP contribution in [-0.2, 0) is 4.74 Å². The van der Waals surface area contributed by atoms with E-state index in [0.29, 0.717) is 28.5 Å². The van der Waals surface area contributed by atoms with Crippen LogP contribution in [0.1, 0.15) is 29.8 Å². The molecule has 0 N–H and O–H groups in total. The Balaban J connectivity index is 1.86. The van der Waals surface area contributed by atoms with E-state index in [1.165, 1.54) is 0 Å². The second kappa shape index (κ2) is 6.75. The number of carbonyl (C=O) groups excluding carboxylic acids is 1. The minimum Gasteiger partial charge on any atom is -0.384 e. The predicted molar refractivity (Wildman–Crippen MR) is 85.8 cm³/mol. The lowest BCUT2D eigenvalue weighted by Crippen LogP contribution is -2.36. The van der Waals surface area contributed by atoms with Crippen LogP contribution in [0.2, 0.25) is 0 Å². The number of nitrogens with zero attached hydrogens (tertiary/aromatic N) is 4. The van der Waals surface area contributed by atoms with E-state index in [1.807, 2.05) is 4.90 Å². The van der Waals surface area contributed by atoms with Gasteiger partial charge in [-0.25, -0.2) is 9.97 Å². The summed E-state index contributed by atoms with van der Waals surface area (Å²) in [4.78, 5) is 23.2. The number of amides is 1. The molecule has 2 aromatic heterocycles. The van der Waals surface area contributed by atoms with E-state index in [0.717, 1.165) is 32.4 Å². The Morgan fingerprint density at radius 2 is 2.27 bits per heavy atom. The molecule has 2 aromatic rings. The Hall–Kier alpha value is -1.47. The van der Waals surface area contributed by atoms with E-state index in [-0.39, 0.29) is 5.91 Å². The Morgan fingerprint density at radius 1 is 1.41 bits per heavy atom. The maximum atomic E-state index is 12.9. The van der Waals surface area contributed by atoms with Gasteiger partial charge in [0.15, 0.2) is 5.65 Å². The molecule has 0 aliphatic carbocycles. The second-order valence-corrected chi connectivity index (χ2v) is 6.46. The van der Waals surface area contributed by atoms with E-state index in [4.69, 9.17) is 4.74 Å². The van der Waals surface area contributed by atoms with Crippen LogP contribution >= 0.6 is 15.9 Å². The van der Waals surface area contributed by atoms with Crippen molar-refractivity contribution in [1.82, 2.24) is 19.3 Å². The molecule has 0 bridgehead atoms. The third-order valence-corrected chi connectivity index (χ3v) is 4.45. The van der Waals surface area contributed by atoms with Gasteiger partial charge in [0.05, 0.1) is 19.0 Å². The van der Waals surface area contributed by atoms with Gasteiger partial charge in [-0.1, -0.05) is 6.42 Å². The Kier molecular flexibility index (Phi) is 4.73. The normalized spacial score (nSPS) is 19.4. The number of hydrogen-bond donors (Lipinski definition) is 0. The Bertz CT molecular complexity index is 673. The van der Waals surface area contributed by atoms with E-state index in [2.05, 4.69) is 25.9 Å². The number of carbonyl (C=O) groups is 1. The molecule has 0 saturated carbocycles. The molecule has 1 amide bonds. The lowest BCUT2D eigenvalue weighted by molar-refractivity contribution is 0.0690. The number of likely N-dealkylation sites (tertiary alicyclic amines) is 1. The summed E-state index contributed by atoms with van der Waals surface area (Å²) in [7, 11) is 1.71. The van der Waals surface area contributed by atoms with Gasteiger partial charge in [0, 0.05) is 26.4 Å². The molecular formula is C15H19BrN4O2. The van der Waals surface area contributed by atoms with Crippen molar-refractivity contribution in [2.75, 3.05) is 26.8 Å². The second-order valence-electron chi connectivity index (χ2n) is 5.65. The van der Waals surface area contributed by atoms with Gasteiger partial charge in [0.25, 0.3) is 5.91 Å². The summed E-state index contributed by atoms with van der Waals surface area (Å²) in [5.74, 6) is 0.428. The van der Waals surface area contributed by atoms with Gasteiger partial charge in [0.1, 0.15) is 10.3 Å². The highest BCUT2D eigenvalue weighted by molar-refractivity contribution is 9.10. The van der Waals surface area contributed by atoms with Gasteiger partial charge in [0.2, 0.25) is 0 Å². The summed E-state index contributed by atoms with van der Waals surface area (Å²) in [6.07, 6.45) is 8.34. The maximum Gasteiger partial charge on any atom is 0.272 e. The molecule has 0 spiro atoms. The first kappa shape index (κ1) is 15.4. The molecule has 0 radical (unpaired) electrons. The SMILES string of the molecule is COCC1CCCCN(C(=O)c2cnc3cnc(Br)cn23)C1. The lowest BCUT2D eigenvalue weighted by Gasteiger charge is -2.24. The summed E-state index contributed by atoms with van der Waals surface area (Å²) in [6, 6.07) is 0. The van der Waals surface area contributed by atoms with E-state index in [1.54, 1.807) is 30.1 Å². The van der Waals surface area contributed by atoms with Gasteiger partial charge in [-0.3, -0.25) is 9.20 Å². The monoisotopic (exact) mass is 366 g/mol. The molecule has 118 valence electrons. The van der Waals surface area contributed by atoms with E-state index < -0.39 is 0 Å². The van der Waals surface area contributed by atoms with Crippen molar-refractivity contribution in [3.05, 3.63) is 28.9 Å². The zero-order valence-electron chi connectivity index (χ0n) is 12.5. The molecule has 1 saturated heterocycles. The van der Waals surface area contributed by atoms with Crippen molar-refractivity contribution >= 4 is 27.5 Å². The molecule has 1 aliphatic heterocycles. The highest BCUT2D eigenvalue weighted by Crippen LogP contribution is 2.19. The summed E-state index contributed by atoms with van der Waals surface area (Å²) >= 11 is 3.34. The predicted octanol–water partition coefficient (Wildman–Crippen LogP) is 2.38. The number of fused-ring (bicyclic) bond motifs is 1. The summed E-state index contributed by atoms with van der Waals surface area (Å²) in [5.41, 5.74) is 1.26. The van der Waals surface area contributed by atoms with Crippen LogP contribution in [0.15, 0.2) is 23.2 Å².